The van der Waals surface area contributed by atoms with E-state index in [1.54, 1.807) is 0 Å². The van der Waals surface area contributed by atoms with E-state index in [0.29, 0.717) is 5.56 Å². The van der Waals surface area contributed by atoms with E-state index >= 15 is 0 Å². The Bertz CT molecular complexity index is 916. The highest BCUT2D eigenvalue weighted by Gasteiger charge is 2.20. The minimum atomic E-state index is -0.369. The maximum atomic E-state index is 11.9. The lowest BCUT2D eigenvalue weighted by molar-refractivity contribution is 0.100. The van der Waals surface area contributed by atoms with Crippen LogP contribution in [0.3, 0.4) is 0 Å². The molecule has 3 nitrogen and oxygen atoms in total. The summed E-state index contributed by atoms with van der Waals surface area (Å²) in [6.07, 6.45) is 6.62. The SMILES string of the molecule is Cc1c[c]c2c3c(C(N)=O)cccc3n(CC3CCCCC3)c2c1. The zero-order chi connectivity index (χ0) is 16.7. The second-order valence-electron chi connectivity index (χ2n) is 7.12. The van der Waals surface area contributed by atoms with Crippen LogP contribution in [0.2, 0.25) is 0 Å². The minimum absolute atomic E-state index is 0.369. The maximum Gasteiger partial charge on any atom is 0.249 e. The van der Waals surface area contributed by atoms with E-state index in [2.05, 4.69) is 29.7 Å². The van der Waals surface area contributed by atoms with Crippen molar-refractivity contribution in [2.24, 2.45) is 11.7 Å². The molecule has 3 heteroatoms. The third kappa shape index (κ3) is 2.48. The Morgan fingerprint density at radius 3 is 2.79 bits per heavy atom. The fourth-order valence-corrected chi connectivity index (χ4v) is 4.19. The first-order chi connectivity index (χ1) is 11.6. The first-order valence-electron chi connectivity index (χ1n) is 8.88. The number of fused-ring (bicyclic) bond motifs is 3. The first kappa shape index (κ1) is 15.3. The number of amides is 1. The van der Waals surface area contributed by atoms with Gasteiger partial charge in [-0.3, -0.25) is 4.79 Å². The van der Waals surface area contributed by atoms with Crippen molar-refractivity contribution in [1.29, 1.82) is 0 Å². The number of hydrogen-bond acceptors (Lipinski definition) is 1. The van der Waals surface area contributed by atoms with Crippen LogP contribution in [-0.4, -0.2) is 10.5 Å². The van der Waals surface area contributed by atoms with E-state index in [0.717, 1.165) is 28.8 Å². The van der Waals surface area contributed by atoms with E-state index in [9.17, 15) is 4.79 Å². The summed E-state index contributed by atoms with van der Waals surface area (Å²) in [4.78, 5) is 11.9. The summed E-state index contributed by atoms with van der Waals surface area (Å²) in [6, 6.07) is 13.4. The number of aromatic nitrogens is 1. The first-order valence-corrected chi connectivity index (χ1v) is 8.88. The van der Waals surface area contributed by atoms with Gasteiger partial charge in [0.25, 0.3) is 0 Å². The second-order valence-corrected chi connectivity index (χ2v) is 7.12. The second kappa shape index (κ2) is 5.97. The van der Waals surface area contributed by atoms with Gasteiger partial charge in [0, 0.05) is 28.4 Å². The van der Waals surface area contributed by atoms with Crippen LogP contribution in [0.4, 0.5) is 0 Å². The number of carbonyl (C=O) groups is 1. The van der Waals surface area contributed by atoms with E-state index in [-0.39, 0.29) is 5.91 Å². The molecule has 1 radical (unpaired) electrons. The fraction of sp³-hybridized carbons (Fsp3) is 0.381. The van der Waals surface area contributed by atoms with Crippen LogP contribution < -0.4 is 5.73 Å². The van der Waals surface area contributed by atoms with E-state index in [1.807, 2.05) is 18.2 Å². The molecule has 0 spiro atoms. The number of aryl methyl sites for hydroxylation is 1. The number of nitrogens with zero attached hydrogens (tertiary/aromatic N) is 1. The molecule has 123 valence electrons. The molecule has 0 saturated heterocycles. The predicted molar refractivity (Wildman–Crippen MR) is 98.1 cm³/mol. The van der Waals surface area contributed by atoms with E-state index < -0.39 is 0 Å². The van der Waals surface area contributed by atoms with Crippen LogP contribution in [0.1, 0.15) is 48.0 Å². The van der Waals surface area contributed by atoms with Crippen molar-refractivity contribution >= 4 is 27.7 Å². The lowest BCUT2D eigenvalue weighted by Crippen LogP contribution is -2.14. The largest absolute Gasteiger partial charge is 0.366 e. The summed E-state index contributed by atoms with van der Waals surface area (Å²) in [5, 5.41) is 1.97. The lowest BCUT2D eigenvalue weighted by Gasteiger charge is -2.23. The van der Waals surface area contributed by atoms with Gasteiger partial charge >= 0.3 is 0 Å². The average molecular weight is 319 g/mol. The standard InChI is InChI=1S/C21H23N2O/c1-14-10-11-16-19(12-14)23(13-15-6-3-2-4-7-15)18-9-5-8-17(20(16)18)21(22)24/h5,8-10,12,15H,2-4,6-7,13H2,1H3,(H2,22,24). The molecule has 1 amide bonds. The van der Waals surface area contributed by atoms with Crippen LogP contribution in [0.25, 0.3) is 21.8 Å². The van der Waals surface area contributed by atoms with Gasteiger partial charge in [-0.25, -0.2) is 0 Å². The van der Waals surface area contributed by atoms with Crippen molar-refractivity contribution in [2.75, 3.05) is 0 Å². The maximum absolute atomic E-state index is 11.9. The van der Waals surface area contributed by atoms with Crippen molar-refractivity contribution in [1.82, 2.24) is 4.57 Å². The number of benzene rings is 2. The number of nitrogens with two attached hydrogens (primary N) is 1. The van der Waals surface area contributed by atoms with Crippen LogP contribution in [0.5, 0.6) is 0 Å². The number of rotatable bonds is 3. The Balaban J connectivity index is 1.96. The van der Waals surface area contributed by atoms with Gasteiger partial charge in [-0.05, 0) is 55.5 Å². The minimum Gasteiger partial charge on any atom is -0.366 e. The molecule has 1 aliphatic rings. The molecule has 24 heavy (non-hydrogen) atoms. The van der Waals surface area contributed by atoms with Gasteiger partial charge in [0.05, 0.1) is 5.52 Å². The Labute approximate surface area is 142 Å². The lowest BCUT2D eigenvalue weighted by atomic mass is 9.89. The van der Waals surface area contributed by atoms with Crippen LogP contribution >= 0.6 is 0 Å². The molecule has 1 saturated carbocycles. The average Bonchev–Trinajstić information content (AvgIpc) is 2.89. The van der Waals surface area contributed by atoms with Crippen molar-refractivity contribution < 1.29 is 4.79 Å². The van der Waals surface area contributed by atoms with E-state index in [4.69, 9.17) is 5.73 Å². The van der Waals surface area contributed by atoms with Gasteiger partial charge in [0.2, 0.25) is 5.91 Å². The number of hydrogen-bond donors (Lipinski definition) is 1. The molecule has 1 aliphatic carbocycles. The molecule has 2 aromatic carbocycles. The van der Waals surface area contributed by atoms with Gasteiger partial charge in [0.15, 0.2) is 0 Å². The van der Waals surface area contributed by atoms with Crippen molar-refractivity contribution in [3.63, 3.8) is 0 Å². The summed E-state index contributed by atoms with van der Waals surface area (Å²) < 4.78 is 2.39. The molecule has 4 rings (SSSR count). The summed E-state index contributed by atoms with van der Waals surface area (Å²) in [5.74, 6) is 0.349. The Morgan fingerprint density at radius 1 is 1.25 bits per heavy atom. The van der Waals surface area contributed by atoms with Gasteiger partial charge < -0.3 is 10.3 Å². The zero-order valence-corrected chi connectivity index (χ0v) is 14.1. The molecule has 0 bridgehead atoms. The van der Waals surface area contributed by atoms with Gasteiger partial charge in [-0.1, -0.05) is 31.4 Å². The third-order valence-corrected chi connectivity index (χ3v) is 5.37. The third-order valence-electron chi connectivity index (χ3n) is 5.37. The molecular formula is C21H23N2O. The molecule has 0 aliphatic heterocycles. The van der Waals surface area contributed by atoms with Crippen molar-refractivity contribution in [2.45, 2.75) is 45.6 Å². The highest BCUT2D eigenvalue weighted by atomic mass is 16.1. The molecule has 1 aromatic heterocycles. The molecule has 1 heterocycles. The smallest absolute Gasteiger partial charge is 0.249 e. The van der Waals surface area contributed by atoms with Gasteiger partial charge in [-0.15, -0.1) is 0 Å². The Morgan fingerprint density at radius 2 is 2.04 bits per heavy atom. The highest BCUT2D eigenvalue weighted by Crippen LogP contribution is 2.34. The normalized spacial score (nSPS) is 16.0. The van der Waals surface area contributed by atoms with Crippen molar-refractivity contribution in [3.8, 4) is 0 Å². The quantitative estimate of drug-likeness (QED) is 0.754. The molecule has 0 unspecified atom stereocenters. The summed E-state index contributed by atoms with van der Waals surface area (Å²) in [6.45, 7) is 3.10. The number of carbonyl (C=O) groups excluding carboxylic acids is 1. The molecule has 0 atom stereocenters. The van der Waals surface area contributed by atoms with Gasteiger partial charge in [-0.2, -0.15) is 0 Å². The monoisotopic (exact) mass is 319 g/mol. The van der Waals surface area contributed by atoms with Gasteiger partial charge in [0.1, 0.15) is 0 Å². The van der Waals surface area contributed by atoms with Crippen molar-refractivity contribution in [3.05, 3.63) is 47.5 Å². The van der Waals surface area contributed by atoms with Crippen LogP contribution in [0, 0.1) is 18.9 Å². The topological polar surface area (TPSA) is 48.0 Å². The van der Waals surface area contributed by atoms with E-state index in [1.165, 1.54) is 43.2 Å². The number of primary amides is 1. The summed E-state index contributed by atoms with van der Waals surface area (Å²) >= 11 is 0. The molecular weight excluding hydrogens is 296 g/mol. The summed E-state index contributed by atoms with van der Waals surface area (Å²) in [7, 11) is 0. The fourth-order valence-electron chi connectivity index (χ4n) is 4.19. The molecule has 1 fully saturated rings. The summed E-state index contributed by atoms with van der Waals surface area (Å²) in [5.41, 5.74) is 9.70. The van der Waals surface area contributed by atoms with Crippen LogP contribution in [-0.2, 0) is 6.54 Å². The van der Waals surface area contributed by atoms with Crippen LogP contribution in [0.15, 0.2) is 30.3 Å². The zero-order valence-electron chi connectivity index (χ0n) is 14.1. The highest BCUT2D eigenvalue weighted by molar-refractivity contribution is 6.17. The Kier molecular flexibility index (Phi) is 3.79. The Hall–Kier alpha value is -2.29. The predicted octanol–water partition coefficient (Wildman–Crippen LogP) is 4.58. The molecule has 3 aromatic rings. The molecule has 2 N–H and O–H groups in total.